The summed E-state index contributed by atoms with van der Waals surface area (Å²) >= 11 is 0. The lowest BCUT2D eigenvalue weighted by molar-refractivity contribution is 0.800. The second-order valence-electron chi connectivity index (χ2n) is 13.1. The van der Waals surface area contributed by atoms with Gasteiger partial charge in [-0.2, -0.15) is 0 Å². The highest BCUT2D eigenvalue weighted by Crippen LogP contribution is 2.45. The van der Waals surface area contributed by atoms with E-state index in [1.165, 1.54) is 5.39 Å². The lowest BCUT2D eigenvalue weighted by atomic mass is 9.88. The van der Waals surface area contributed by atoms with Crippen molar-refractivity contribution in [1.82, 2.24) is 4.48 Å². The molecule has 0 radical (unpaired) electrons. The van der Waals surface area contributed by atoms with Crippen molar-refractivity contribution in [3.63, 3.8) is 0 Å². The third-order valence-electron chi connectivity index (χ3n) is 10.3. The summed E-state index contributed by atoms with van der Waals surface area (Å²) in [5.74, 6) is 0. The van der Waals surface area contributed by atoms with Gasteiger partial charge in [0.1, 0.15) is 0 Å². The molecule has 1 aromatic heterocycles. The first-order chi connectivity index (χ1) is 24.7. The Morgan fingerprint density at radius 1 is 0.500 bits per heavy atom. The van der Waals surface area contributed by atoms with Crippen molar-refractivity contribution in [1.29, 1.82) is 0 Å². The van der Waals surface area contributed by atoms with Crippen molar-refractivity contribution in [2.24, 2.45) is 4.99 Å². The van der Waals surface area contributed by atoms with Gasteiger partial charge in [0, 0.05) is 44.4 Å². The number of aromatic nitrogens is 1. The van der Waals surface area contributed by atoms with Gasteiger partial charge in [-0.3, -0.25) is 0 Å². The third-order valence-corrected chi connectivity index (χ3v) is 10.3. The molecule has 10 rings (SSSR count). The van der Waals surface area contributed by atoms with Crippen LogP contribution >= 0.6 is 0 Å². The summed E-state index contributed by atoms with van der Waals surface area (Å²) in [7, 11) is -1.30. The van der Waals surface area contributed by atoms with E-state index in [1.54, 1.807) is 6.82 Å². The molecule has 1 aliphatic heterocycles. The first-order valence-corrected chi connectivity index (χ1v) is 17.1. The van der Waals surface area contributed by atoms with Crippen molar-refractivity contribution in [2.45, 2.75) is 6.82 Å². The Morgan fingerprint density at radius 3 is 1.70 bits per heavy atom. The Kier molecular flexibility index (Phi) is 6.41. The van der Waals surface area contributed by atoms with Crippen LogP contribution < -0.4 is 0 Å². The number of halogens is 1. The molecule has 0 atom stereocenters. The second kappa shape index (κ2) is 11.1. The maximum Gasteiger partial charge on any atom is 0.462 e. The van der Waals surface area contributed by atoms with Crippen LogP contribution in [0.2, 0.25) is 6.82 Å². The van der Waals surface area contributed by atoms with E-state index >= 15 is 4.32 Å². The van der Waals surface area contributed by atoms with Crippen LogP contribution in [0.15, 0.2) is 163 Å². The summed E-state index contributed by atoms with van der Waals surface area (Å²) in [5, 5.41) is 11.1. The topological polar surface area (TPSA) is 17.3 Å². The smallest absolute Gasteiger partial charge is 0.355 e. The van der Waals surface area contributed by atoms with E-state index in [4.69, 9.17) is 4.99 Å². The zero-order chi connectivity index (χ0) is 33.3. The zero-order valence-electron chi connectivity index (χ0n) is 27.4. The minimum Gasteiger partial charge on any atom is -0.355 e. The van der Waals surface area contributed by atoms with Crippen LogP contribution in [0.3, 0.4) is 0 Å². The van der Waals surface area contributed by atoms with E-state index in [9.17, 15) is 0 Å². The predicted octanol–water partition coefficient (Wildman–Crippen LogP) is 12.2. The zero-order valence-corrected chi connectivity index (χ0v) is 27.4. The van der Waals surface area contributed by atoms with E-state index in [2.05, 4.69) is 164 Å². The van der Waals surface area contributed by atoms with Crippen LogP contribution in [0.1, 0.15) is 22.4 Å². The first-order valence-electron chi connectivity index (χ1n) is 17.1. The molecule has 0 amide bonds. The summed E-state index contributed by atoms with van der Waals surface area (Å²) in [5.41, 5.74) is 7.71. The van der Waals surface area contributed by atoms with E-state index in [0.29, 0.717) is 0 Å². The number of aliphatic imine (C=N–C) groups is 1. The van der Waals surface area contributed by atoms with E-state index in [1.807, 2.05) is 4.48 Å². The molecule has 2 nitrogen and oxygen atoms in total. The van der Waals surface area contributed by atoms with E-state index in [-0.39, 0.29) is 0 Å². The molecule has 0 spiro atoms. The fourth-order valence-electron chi connectivity index (χ4n) is 8.17. The average molecular weight is 641 g/mol. The van der Waals surface area contributed by atoms with Crippen molar-refractivity contribution in [3.8, 4) is 11.3 Å². The summed E-state index contributed by atoms with van der Waals surface area (Å²) < 4.78 is 18.4. The maximum absolute atomic E-state index is 16.5. The highest BCUT2D eigenvalue weighted by atomic mass is 19.1. The van der Waals surface area contributed by atoms with Crippen LogP contribution in [0.4, 0.5) is 4.32 Å². The number of benzene rings is 8. The molecule has 234 valence electrons. The molecule has 50 heavy (non-hydrogen) atoms. The lowest BCUT2D eigenvalue weighted by Gasteiger charge is -2.14. The van der Waals surface area contributed by atoms with Crippen LogP contribution in [0, 0.1) is 0 Å². The molecule has 8 aromatic carbocycles. The normalized spacial score (nSPS) is 13.6. The van der Waals surface area contributed by atoms with Gasteiger partial charge in [0.2, 0.25) is 0 Å². The quantitative estimate of drug-likeness (QED) is 0.170. The van der Waals surface area contributed by atoms with Gasteiger partial charge < -0.3 is 8.79 Å². The molecule has 0 saturated heterocycles. The van der Waals surface area contributed by atoms with Gasteiger partial charge in [-0.1, -0.05) is 158 Å². The highest BCUT2D eigenvalue weighted by Gasteiger charge is 2.29. The molecule has 2 heterocycles. The molecule has 1 aliphatic rings. The fourth-order valence-corrected chi connectivity index (χ4v) is 8.17. The van der Waals surface area contributed by atoms with E-state index < -0.39 is 7.12 Å². The van der Waals surface area contributed by atoms with Gasteiger partial charge >= 0.3 is 7.12 Å². The van der Waals surface area contributed by atoms with Crippen LogP contribution in [-0.4, -0.2) is 17.3 Å². The van der Waals surface area contributed by atoms with Crippen LogP contribution in [0.25, 0.3) is 76.9 Å². The minimum absolute atomic E-state index is 0.806. The summed E-state index contributed by atoms with van der Waals surface area (Å²) in [6, 6.07) is 55.2. The number of fused-ring (bicyclic) bond motifs is 8. The molecular weight excluding hydrogens is 610 g/mol. The minimum atomic E-state index is -1.30. The average Bonchev–Trinajstić information content (AvgIpc) is 3.70. The SMILES string of the molecule is CB(F)n1c(/C=C2\N=C(c3cccc4ccccc34)c3c2ccc2ccccc32)c2ccc3ccccc3c2c1-c1cccc2ccccc12. The summed E-state index contributed by atoms with van der Waals surface area (Å²) in [6.45, 7) is 1.64. The van der Waals surface area contributed by atoms with Gasteiger partial charge in [0.05, 0.1) is 11.4 Å². The second-order valence-corrected chi connectivity index (χ2v) is 13.1. The van der Waals surface area contributed by atoms with Crippen LogP contribution in [0.5, 0.6) is 0 Å². The van der Waals surface area contributed by atoms with Crippen molar-refractivity contribution in [2.75, 3.05) is 0 Å². The Bertz CT molecular complexity index is 2900. The number of rotatable bonds is 4. The van der Waals surface area contributed by atoms with Crippen molar-refractivity contribution >= 4 is 78.5 Å². The molecule has 0 unspecified atom stereocenters. The molecule has 0 aliphatic carbocycles. The van der Waals surface area contributed by atoms with E-state index in [0.717, 1.165) is 93.5 Å². The summed E-state index contributed by atoms with van der Waals surface area (Å²) in [4.78, 5) is 5.47. The molecule has 0 fully saturated rings. The van der Waals surface area contributed by atoms with Crippen molar-refractivity contribution in [3.05, 3.63) is 180 Å². The molecule has 0 saturated carbocycles. The maximum atomic E-state index is 16.5. The molecule has 0 N–H and O–H groups in total. The number of nitrogens with zero attached hydrogens (tertiary/aromatic N) is 2. The Morgan fingerprint density at radius 2 is 1.02 bits per heavy atom. The number of hydrogen-bond donors (Lipinski definition) is 0. The van der Waals surface area contributed by atoms with Gasteiger partial charge in [-0.15, -0.1) is 0 Å². The van der Waals surface area contributed by atoms with Gasteiger partial charge in [0.15, 0.2) is 0 Å². The van der Waals surface area contributed by atoms with Gasteiger partial charge in [-0.05, 0) is 56.0 Å². The standard InChI is InChI=1S/C46H30BFN2/c1-47(48)50-42(40-27-25-32-15-5-9-21-36(32)44(40)46(50)38-23-11-17-30-13-3-7-19-34(30)38)28-41-39-26-24-31-14-4-8-20-35(31)43(39)45(49-41)37-22-10-16-29-12-2-6-18-33(29)37/h2-28H,1H3/b41-28-. The third kappa shape index (κ3) is 4.25. The first kappa shape index (κ1) is 28.7. The highest BCUT2D eigenvalue weighted by molar-refractivity contribution is 6.50. The van der Waals surface area contributed by atoms with Crippen LogP contribution in [-0.2, 0) is 0 Å². The summed E-state index contributed by atoms with van der Waals surface area (Å²) in [6.07, 6.45) is 2.12. The Balaban J connectivity index is 1.33. The fraction of sp³-hybridized carbons (Fsp3) is 0.0217. The monoisotopic (exact) mass is 640 g/mol. The molecule has 4 heteroatoms. The van der Waals surface area contributed by atoms with Gasteiger partial charge in [0.25, 0.3) is 0 Å². The molecular formula is C46H30BFN2. The Labute approximate surface area is 289 Å². The molecule has 9 aromatic rings. The largest absolute Gasteiger partial charge is 0.462 e. The molecule has 0 bridgehead atoms. The predicted molar refractivity (Wildman–Crippen MR) is 212 cm³/mol. The van der Waals surface area contributed by atoms with Crippen molar-refractivity contribution < 1.29 is 4.32 Å². The van der Waals surface area contributed by atoms with Gasteiger partial charge in [-0.25, -0.2) is 4.99 Å². The lowest BCUT2D eigenvalue weighted by Crippen LogP contribution is -2.17. The number of hydrogen-bond acceptors (Lipinski definition) is 1. The Hall–Kier alpha value is -6.26.